The highest BCUT2D eigenvalue weighted by Gasteiger charge is 2.46. The summed E-state index contributed by atoms with van der Waals surface area (Å²) in [6, 6.07) is 8.67. The minimum atomic E-state index is -0.868. The minimum absolute atomic E-state index is 0.0431. The summed E-state index contributed by atoms with van der Waals surface area (Å²) >= 11 is 0. The largest absolute Gasteiger partial charge is 0.507 e. The van der Waals surface area contributed by atoms with Crippen LogP contribution in [0, 0.1) is 6.92 Å². The first-order valence-electron chi connectivity index (χ1n) is 9.63. The summed E-state index contributed by atoms with van der Waals surface area (Å²) in [6.07, 6.45) is 0. The second kappa shape index (κ2) is 9.09. The van der Waals surface area contributed by atoms with Crippen LogP contribution < -0.4 is 9.47 Å². The van der Waals surface area contributed by atoms with Crippen LogP contribution in [0.15, 0.2) is 42.0 Å². The lowest BCUT2D eigenvalue weighted by atomic mass is 9.94. The molecule has 0 unspecified atom stereocenters. The molecule has 0 aliphatic carbocycles. The fraction of sp³-hybridized carbons (Fsp3) is 0.304. The van der Waals surface area contributed by atoms with Crippen LogP contribution >= 0.6 is 0 Å². The van der Waals surface area contributed by atoms with E-state index in [9.17, 15) is 19.8 Å². The molecule has 1 saturated heterocycles. The van der Waals surface area contributed by atoms with Gasteiger partial charge in [0.25, 0.3) is 11.7 Å². The van der Waals surface area contributed by atoms with Crippen LogP contribution in [-0.4, -0.2) is 61.3 Å². The first-order chi connectivity index (χ1) is 14.8. The molecule has 1 heterocycles. The molecule has 0 bridgehead atoms. The number of rotatable bonds is 7. The number of phenolic OH excluding ortho intramolecular Hbond substituents is 1. The topological polar surface area (TPSA) is 106 Å². The van der Waals surface area contributed by atoms with E-state index < -0.39 is 17.7 Å². The van der Waals surface area contributed by atoms with Crippen LogP contribution in [0.3, 0.4) is 0 Å². The summed E-state index contributed by atoms with van der Waals surface area (Å²) in [4.78, 5) is 27.1. The summed E-state index contributed by atoms with van der Waals surface area (Å²) in [5.41, 5.74) is 1.62. The van der Waals surface area contributed by atoms with Crippen LogP contribution in [0.1, 0.15) is 22.7 Å². The molecule has 1 fully saturated rings. The van der Waals surface area contributed by atoms with Gasteiger partial charge < -0.3 is 29.3 Å². The Morgan fingerprint density at radius 1 is 1.03 bits per heavy atom. The summed E-state index contributed by atoms with van der Waals surface area (Å²) < 4.78 is 15.5. The van der Waals surface area contributed by atoms with Crippen molar-refractivity contribution in [2.75, 3.05) is 34.5 Å². The number of benzene rings is 2. The number of aryl methyl sites for hydroxylation is 1. The number of carbonyl (C=O) groups excluding carboxylic acids is 2. The molecule has 1 aliphatic heterocycles. The number of aliphatic hydroxyl groups is 1. The zero-order valence-corrected chi connectivity index (χ0v) is 17.8. The Morgan fingerprint density at radius 3 is 2.35 bits per heavy atom. The SMILES string of the molecule is COCCN1C(=O)C(=O)C(=C(O)c2ccc(OC)c(C)c2)[C@H]1c1ccc(O)c(OC)c1. The number of methoxy groups -OCH3 is 3. The van der Waals surface area contributed by atoms with Crippen molar-refractivity contribution >= 4 is 17.4 Å². The second-order valence-electron chi connectivity index (χ2n) is 7.10. The van der Waals surface area contributed by atoms with Crippen molar-refractivity contribution in [3.63, 3.8) is 0 Å². The number of hydrogen-bond donors (Lipinski definition) is 2. The third-order valence-corrected chi connectivity index (χ3v) is 5.26. The van der Waals surface area contributed by atoms with Gasteiger partial charge >= 0.3 is 0 Å². The molecule has 8 nitrogen and oxygen atoms in total. The maximum absolute atomic E-state index is 13.0. The van der Waals surface area contributed by atoms with Crippen molar-refractivity contribution in [3.05, 3.63) is 58.7 Å². The summed E-state index contributed by atoms with van der Waals surface area (Å²) in [5.74, 6) is -1.07. The van der Waals surface area contributed by atoms with E-state index in [1.54, 1.807) is 31.4 Å². The van der Waals surface area contributed by atoms with Gasteiger partial charge in [-0.1, -0.05) is 6.07 Å². The molecule has 1 atom stereocenters. The normalized spacial score (nSPS) is 17.8. The molecule has 2 aromatic rings. The lowest BCUT2D eigenvalue weighted by molar-refractivity contribution is -0.140. The number of carbonyl (C=O) groups is 2. The van der Waals surface area contributed by atoms with Gasteiger partial charge in [0.15, 0.2) is 11.5 Å². The molecule has 3 rings (SSSR count). The Bertz CT molecular complexity index is 1040. The maximum Gasteiger partial charge on any atom is 0.295 e. The molecule has 2 aromatic carbocycles. The van der Waals surface area contributed by atoms with E-state index in [0.29, 0.717) is 16.9 Å². The first kappa shape index (κ1) is 22.2. The Kier molecular flexibility index (Phi) is 6.50. The highest BCUT2D eigenvalue weighted by atomic mass is 16.5. The summed E-state index contributed by atoms with van der Waals surface area (Å²) in [5, 5.41) is 21.0. The number of aliphatic hydroxyl groups excluding tert-OH is 1. The zero-order chi connectivity index (χ0) is 22.7. The average molecular weight is 427 g/mol. The van der Waals surface area contributed by atoms with Crippen LogP contribution in [0.25, 0.3) is 5.76 Å². The fourth-order valence-corrected chi connectivity index (χ4v) is 3.69. The molecule has 0 radical (unpaired) electrons. The fourth-order valence-electron chi connectivity index (χ4n) is 3.69. The summed E-state index contributed by atoms with van der Waals surface area (Å²) in [7, 11) is 4.44. The van der Waals surface area contributed by atoms with Gasteiger partial charge in [-0.3, -0.25) is 9.59 Å². The van der Waals surface area contributed by atoms with Gasteiger partial charge in [0, 0.05) is 19.2 Å². The van der Waals surface area contributed by atoms with E-state index in [0.717, 1.165) is 5.56 Å². The molecule has 0 spiro atoms. The van der Waals surface area contributed by atoms with Crippen molar-refractivity contribution < 1.29 is 34.0 Å². The van der Waals surface area contributed by atoms with Gasteiger partial charge in [0.05, 0.1) is 32.4 Å². The number of phenols is 1. The Balaban J connectivity index is 2.19. The quantitative estimate of drug-likeness (QED) is 0.398. The third kappa shape index (κ3) is 4.06. The number of Topliss-reactive ketones (excluding diaryl/α,β-unsaturated/α-hetero) is 1. The first-order valence-corrected chi connectivity index (χ1v) is 9.63. The van der Waals surface area contributed by atoms with Crippen molar-refractivity contribution in [1.82, 2.24) is 4.90 Å². The van der Waals surface area contributed by atoms with Gasteiger partial charge in [0.2, 0.25) is 0 Å². The molecule has 31 heavy (non-hydrogen) atoms. The van der Waals surface area contributed by atoms with Crippen LogP contribution in [-0.2, 0) is 14.3 Å². The van der Waals surface area contributed by atoms with Gasteiger partial charge in [-0.05, 0) is 48.4 Å². The van der Waals surface area contributed by atoms with Crippen molar-refractivity contribution in [2.45, 2.75) is 13.0 Å². The predicted molar refractivity (Wildman–Crippen MR) is 113 cm³/mol. The van der Waals surface area contributed by atoms with E-state index in [1.807, 2.05) is 6.92 Å². The number of ether oxygens (including phenoxy) is 3. The van der Waals surface area contributed by atoms with Gasteiger partial charge in [-0.2, -0.15) is 0 Å². The lowest BCUT2D eigenvalue weighted by Gasteiger charge is -2.25. The second-order valence-corrected chi connectivity index (χ2v) is 7.10. The number of amides is 1. The Hall–Kier alpha value is -3.52. The lowest BCUT2D eigenvalue weighted by Crippen LogP contribution is -2.32. The monoisotopic (exact) mass is 427 g/mol. The number of ketones is 1. The highest BCUT2D eigenvalue weighted by molar-refractivity contribution is 6.46. The van der Waals surface area contributed by atoms with E-state index in [1.165, 1.54) is 31.3 Å². The molecule has 0 aromatic heterocycles. The van der Waals surface area contributed by atoms with E-state index in [-0.39, 0.29) is 36.0 Å². The smallest absolute Gasteiger partial charge is 0.295 e. The Morgan fingerprint density at radius 2 is 1.74 bits per heavy atom. The molecule has 8 heteroatoms. The summed E-state index contributed by atoms with van der Waals surface area (Å²) in [6.45, 7) is 2.17. The van der Waals surface area contributed by atoms with Crippen molar-refractivity contribution in [2.24, 2.45) is 0 Å². The van der Waals surface area contributed by atoms with Crippen molar-refractivity contribution in [3.8, 4) is 17.2 Å². The predicted octanol–water partition coefficient (Wildman–Crippen LogP) is 2.79. The minimum Gasteiger partial charge on any atom is -0.507 e. The standard InChI is InChI=1S/C23H25NO7/c1-13-11-15(6-8-17(13)30-3)21(26)19-20(14-5-7-16(25)18(12-14)31-4)24(9-10-29-2)23(28)22(19)27/h5-8,11-12,20,25-26H,9-10H2,1-4H3/t20-/m1/s1. The highest BCUT2D eigenvalue weighted by Crippen LogP contribution is 2.41. The maximum atomic E-state index is 13.0. The number of aromatic hydroxyl groups is 1. The zero-order valence-electron chi connectivity index (χ0n) is 17.8. The van der Waals surface area contributed by atoms with Crippen LogP contribution in [0.5, 0.6) is 17.2 Å². The van der Waals surface area contributed by atoms with Crippen LogP contribution in [0.2, 0.25) is 0 Å². The molecule has 0 saturated carbocycles. The average Bonchev–Trinajstić information content (AvgIpc) is 3.02. The molecule has 2 N–H and O–H groups in total. The molecule has 1 aliphatic rings. The van der Waals surface area contributed by atoms with E-state index in [2.05, 4.69) is 0 Å². The van der Waals surface area contributed by atoms with E-state index in [4.69, 9.17) is 14.2 Å². The van der Waals surface area contributed by atoms with Gasteiger partial charge in [0.1, 0.15) is 11.5 Å². The van der Waals surface area contributed by atoms with Gasteiger partial charge in [-0.25, -0.2) is 0 Å². The van der Waals surface area contributed by atoms with E-state index >= 15 is 0 Å². The molecular formula is C23H25NO7. The number of likely N-dealkylation sites (tertiary alicyclic amines) is 1. The Labute approximate surface area is 180 Å². The van der Waals surface area contributed by atoms with Gasteiger partial charge in [-0.15, -0.1) is 0 Å². The number of hydrogen-bond acceptors (Lipinski definition) is 7. The van der Waals surface area contributed by atoms with Crippen LogP contribution in [0.4, 0.5) is 0 Å². The third-order valence-electron chi connectivity index (χ3n) is 5.26. The molecule has 164 valence electrons. The number of nitrogens with zero attached hydrogens (tertiary/aromatic N) is 1. The molecule has 1 amide bonds. The van der Waals surface area contributed by atoms with Crippen molar-refractivity contribution in [1.29, 1.82) is 0 Å². The molecular weight excluding hydrogens is 402 g/mol.